The Balaban J connectivity index is 2.24. The number of hydrogen-bond acceptors (Lipinski definition) is 5. The first-order valence-corrected chi connectivity index (χ1v) is 5.60. The summed E-state index contributed by atoms with van der Waals surface area (Å²) in [6.07, 6.45) is 0. The van der Waals surface area contributed by atoms with Crippen LogP contribution in [0.4, 0.5) is 0 Å². The highest BCUT2D eigenvalue weighted by molar-refractivity contribution is 5.51. The molecule has 2 atom stereocenters. The van der Waals surface area contributed by atoms with Crippen LogP contribution < -0.4 is 0 Å². The maximum atomic E-state index is 10.8. The first kappa shape index (κ1) is 11.5. The van der Waals surface area contributed by atoms with Crippen molar-refractivity contribution in [2.45, 2.75) is 18.0 Å². The molecule has 96 valence electrons. The number of aliphatic hydroxyl groups is 2. The minimum Gasteiger partial charge on any atom is -0.494 e. The number of hydrogen-bond donors (Lipinski definition) is 2. The molecule has 0 radical (unpaired) electrons. The normalized spacial score (nSPS) is 33.3. The quantitative estimate of drug-likeness (QED) is 0.805. The molecule has 1 aliphatic heterocycles. The molecule has 2 aliphatic rings. The summed E-state index contributed by atoms with van der Waals surface area (Å²) < 4.78 is 15.6. The monoisotopic (exact) mass is 250 g/mol. The van der Waals surface area contributed by atoms with Gasteiger partial charge in [0.25, 0.3) is 5.79 Å². The lowest BCUT2D eigenvalue weighted by Gasteiger charge is -2.54. The molecule has 2 N–H and O–H groups in total. The molecule has 1 aliphatic carbocycles. The maximum Gasteiger partial charge on any atom is 0.271 e. The fourth-order valence-corrected chi connectivity index (χ4v) is 2.70. The van der Waals surface area contributed by atoms with Crippen molar-refractivity contribution >= 4 is 0 Å². The van der Waals surface area contributed by atoms with E-state index >= 15 is 0 Å². The van der Waals surface area contributed by atoms with Crippen LogP contribution in [0.25, 0.3) is 0 Å². The van der Waals surface area contributed by atoms with Crippen LogP contribution in [-0.4, -0.2) is 30.2 Å². The van der Waals surface area contributed by atoms with E-state index in [1.807, 2.05) is 12.1 Å². The third-order valence-electron chi connectivity index (χ3n) is 3.58. The van der Waals surface area contributed by atoms with Gasteiger partial charge < -0.3 is 24.4 Å². The first-order valence-electron chi connectivity index (χ1n) is 5.60. The Bertz CT molecular complexity index is 538. The van der Waals surface area contributed by atoms with E-state index in [0.29, 0.717) is 5.56 Å². The third-order valence-corrected chi connectivity index (χ3v) is 3.58. The molecule has 1 heterocycles. The van der Waals surface area contributed by atoms with Gasteiger partial charge in [0.05, 0.1) is 20.8 Å². The number of methoxy groups -OCH3 is 2. The summed E-state index contributed by atoms with van der Waals surface area (Å²) in [6, 6.07) is 7.22. The van der Waals surface area contributed by atoms with Crippen molar-refractivity contribution in [1.29, 1.82) is 0 Å². The zero-order valence-corrected chi connectivity index (χ0v) is 10.1. The molecule has 3 rings (SSSR count). The summed E-state index contributed by atoms with van der Waals surface area (Å²) in [6.45, 7) is 0.207. The Morgan fingerprint density at radius 3 is 2.44 bits per heavy atom. The van der Waals surface area contributed by atoms with Gasteiger partial charge in [-0.2, -0.15) is 0 Å². The highest BCUT2D eigenvalue weighted by Crippen LogP contribution is 2.58. The van der Waals surface area contributed by atoms with Crippen LogP contribution in [-0.2, 0) is 26.4 Å². The fraction of sp³-hybridized carbons (Fsp3) is 0.385. The van der Waals surface area contributed by atoms with E-state index in [4.69, 9.17) is 14.2 Å². The Kier molecular flexibility index (Phi) is 2.22. The Labute approximate surface area is 104 Å². The minimum atomic E-state index is -1.87. The van der Waals surface area contributed by atoms with Crippen molar-refractivity contribution in [2.75, 3.05) is 14.2 Å². The molecule has 5 nitrogen and oxygen atoms in total. The summed E-state index contributed by atoms with van der Waals surface area (Å²) in [7, 11) is 2.82. The van der Waals surface area contributed by atoms with E-state index < -0.39 is 11.4 Å². The van der Waals surface area contributed by atoms with Gasteiger partial charge in [0.1, 0.15) is 0 Å². The lowest BCUT2D eigenvalue weighted by Crippen LogP contribution is -2.66. The van der Waals surface area contributed by atoms with Crippen LogP contribution in [0.2, 0.25) is 0 Å². The van der Waals surface area contributed by atoms with Crippen molar-refractivity contribution in [3.63, 3.8) is 0 Å². The number of rotatable bonds is 2. The topological polar surface area (TPSA) is 68.2 Å². The van der Waals surface area contributed by atoms with Crippen LogP contribution >= 0.6 is 0 Å². The molecule has 0 saturated heterocycles. The average molecular weight is 250 g/mol. The van der Waals surface area contributed by atoms with Gasteiger partial charge in [-0.05, 0) is 5.56 Å². The summed E-state index contributed by atoms with van der Waals surface area (Å²) in [4.78, 5) is 0. The third kappa shape index (κ3) is 1.03. The molecular weight excluding hydrogens is 236 g/mol. The average Bonchev–Trinajstić information content (AvgIpc) is 2.39. The van der Waals surface area contributed by atoms with Crippen LogP contribution in [0.15, 0.2) is 35.8 Å². The van der Waals surface area contributed by atoms with Gasteiger partial charge in [-0.15, -0.1) is 0 Å². The molecule has 1 aromatic carbocycles. The number of benzene rings is 1. The lowest BCUT2D eigenvalue weighted by atomic mass is 9.69. The Morgan fingerprint density at radius 2 is 1.78 bits per heavy atom. The van der Waals surface area contributed by atoms with Crippen molar-refractivity contribution < 1.29 is 24.4 Å². The van der Waals surface area contributed by atoms with E-state index in [0.717, 1.165) is 5.56 Å². The molecule has 0 aromatic heterocycles. The first-order chi connectivity index (χ1) is 8.59. The van der Waals surface area contributed by atoms with Gasteiger partial charge in [-0.1, -0.05) is 24.3 Å². The highest BCUT2D eigenvalue weighted by Gasteiger charge is 2.72. The fourth-order valence-electron chi connectivity index (χ4n) is 2.70. The molecule has 0 fully saturated rings. The van der Waals surface area contributed by atoms with E-state index in [-0.39, 0.29) is 18.1 Å². The van der Waals surface area contributed by atoms with Gasteiger partial charge in [-0.25, -0.2) is 0 Å². The second-order valence-electron chi connectivity index (χ2n) is 4.37. The molecule has 0 spiro atoms. The second kappa shape index (κ2) is 3.47. The lowest BCUT2D eigenvalue weighted by molar-refractivity contribution is -0.338. The predicted octanol–water partition coefficient (Wildman–Crippen LogP) is 0.611. The Hall–Kier alpha value is -1.56. The molecule has 18 heavy (non-hydrogen) atoms. The zero-order chi connectivity index (χ0) is 13.0. The second-order valence-corrected chi connectivity index (χ2v) is 4.37. The highest BCUT2D eigenvalue weighted by atomic mass is 16.7. The molecule has 1 aromatic rings. The molecule has 0 amide bonds. The molecule has 0 unspecified atom stereocenters. The van der Waals surface area contributed by atoms with Gasteiger partial charge in [0.2, 0.25) is 11.4 Å². The molecule has 5 heteroatoms. The number of ether oxygens (including phenoxy) is 3. The SMILES string of the molecule is COC1=C(OC)[C@@]2(O)c3ccccc3CO[C@@]12O. The van der Waals surface area contributed by atoms with Crippen molar-refractivity contribution in [2.24, 2.45) is 0 Å². The van der Waals surface area contributed by atoms with E-state index in [1.165, 1.54) is 14.2 Å². The van der Waals surface area contributed by atoms with E-state index in [9.17, 15) is 10.2 Å². The number of fused-ring (bicyclic) bond motifs is 3. The van der Waals surface area contributed by atoms with E-state index in [1.54, 1.807) is 12.1 Å². The molecule has 0 saturated carbocycles. The van der Waals surface area contributed by atoms with Crippen LogP contribution in [0.5, 0.6) is 0 Å². The maximum absolute atomic E-state index is 10.8. The summed E-state index contributed by atoms with van der Waals surface area (Å²) in [5.74, 6) is -1.58. The van der Waals surface area contributed by atoms with Gasteiger partial charge in [0.15, 0.2) is 5.76 Å². The van der Waals surface area contributed by atoms with Crippen LogP contribution in [0, 0.1) is 0 Å². The van der Waals surface area contributed by atoms with Crippen molar-refractivity contribution in [3.05, 3.63) is 46.9 Å². The molecular formula is C13H14O5. The summed E-state index contributed by atoms with van der Waals surface area (Å²) in [5, 5.41) is 21.2. The largest absolute Gasteiger partial charge is 0.494 e. The predicted molar refractivity (Wildman–Crippen MR) is 61.1 cm³/mol. The van der Waals surface area contributed by atoms with E-state index in [2.05, 4.69) is 0 Å². The zero-order valence-electron chi connectivity index (χ0n) is 10.1. The van der Waals surface area contributed by atoms with Crippen LogP contribution in [0.1, 0.15) is 11.1 Å². The van der Waals surface area contributed by atoms with Crippen molar-refractivity contribution in [1.82, 2.24) is 0 Å². The van der Waals surface area contributed by atoms with Gasteiger partial charge in [-0.3, -0.25) is 0 Å². The minimum absolute atomic E-state index is 0.113. The molecule has 0 bridgehead atoms. The summed E-state index contributed by atoms with van der Waals surface area (Å²) in [5.41, 5.74) is -0.312. The summed E-state index contributed by atoms with van der Waals surface area (Å²) >= 11 is 0. The standard InChI is InChI=1S/C13H14O5/c1-16-10-11(17-2)13(15)12(10,14)9-6-4-3-5-8(9)7-18-13/h3-6,14-15H,7H2,1-2H3/t12-,13-/m0/s1. The smallest absolute Gasteiger partial charge is 0.271 e. The van der Waals surface area contributed by atoms with Gasteiger partial charge >= 0.3 is 0 Å². The Morgan fingerprint density at radius 1 is 1.11 bits per heavy atom. The van der Waals surface area contributed by atoms with Crippen LogP contribution in [0.3, 0.4) is 0 Å². The van der Waals surface area contributed by atoms with Gasteiger partial charge in [0, 0.05) is 5.56 Å². The van der Waals surface area contributed by atoms with Crippen molar-refractivity contribution in [3.8, 4) is 0 Å².